The van der Waals surface area contributed by atoms with Crippen molar-refractivity contribution in [1.82, 2.24) is 9.80 Å². The number of ether oxygens (including phenoxy) is 3. The van der Waals surface area contributed by atoms with Crippen molar-refractivity contribution in [3.05, 3.63) is 11.6 Å². The summed E-state index contributed by atoms with van der Waals surface area (Å²) in [4.78, 5) is 16.6. The maximum absolute atomic E-state index is 12.8. The second-order valence-electron chi connectivity index (χ2n) is 12.5. The summed E-state index contributed by atoms with van der Waals surface area (Å²) in [5.74, 6) is 1.43. The lowest BCUT2D eigenvalue weighted by Crippen LogP contribution is -2.52. The van der Waals surface area contributed by atoms with Crippen LogP contribution in [0.15, 0.2) is 11.6 Å². The molecule has 5 aliphatic rings. The van der Waals surface area contributed by atoms with Gasteiger partial charge in [0.15, 0.2) is 0 Å². The van der Waals surface area contributed by atoms with Crippen LogP contribution in [0, 0.1) is 17.8 Å². The van der Waals surface area contributed by atoms with E-state index in [1.54, 1.807) is 0 Å². The van der Waals surface area contributed by atoms with Crippen molar-refractivity contribution < 1.29 is 27.8 Å². The molecule has 0 bridgehead atoms. The molecule has 36 heavy (non-hydrogen) atoms. The van der Waals surface area contributed by atoms with Crippen molar-refractivity contribution in [2.45, 2.75) is 102 Å². The Labute approximate surface area is 214 Å². The molecule has 0 radical (unpaired) electrons. The molecule has 1 amide bonds. The van der Waals surface area contributed by atoms with Gasteiger partial charge in [-0.25, -0.2) is 13.6 Å². The smallest absolute Gasteiger partial charge is 0.410 e. The Morgan fingerprint density at radius 3 is 2.47 bits per heavy atom. The number of allylic oxidation sites excluding steroid dienone is 1. The molecule has 5 rings (SSSR count). The van der Waals surface area contributed by atoms with Gasteiger partial charge in [-0.15, -0.1) is 0 Å². The molecule has 3 unspecified atom stereocenters. The monoisotopic (exact) mass is 510 g/mol. The van der Waals surface area contributed by atoms with Gasteiger partial charge >= 0.3 is 6.09 Å². The number of hydrogen-bond acceptors (Lipinski definition) is 5. The molecule has 1 spiro atoms. The number of epoxide rings is 2. The Morgan fingerprint density at radius 2 is 1.83 bits per heavy atom. The van der Waals surface area contributed by atoms with Crippen LogP contribution in [0.4, 0.5) is 13.6 Å². The molecule has 4 heterocycles. The van der Waals surface area contributed by atoms with E-state index in [9.17, 15) is 13.6 Å². The summed E-state index contributed by atoms with van der Waals surface area (Å²) >= 11 is 0. The van der Waals surface area contributed by atoms with Gasteiger partial charge in [-0.1, -0.05) is 11.6 Å². The first-order chi connectivity index (χ1) is 17.2. The number of likely N-dealkylation sites (tertiary alicyclic amines) is 2. The third-order valence-corrected chi connectivity index (χ3v) is 9.52. The Morgan fingerprint density at radius 1 is 1.14 bits per heavy atom. The van der Waals surface area contributed by atoms with E-state index in [2.05, 4.69) is 26.8 Å². The van der Waals surface area contributed by atoms with Crippen LogP contribution >= 0.6 is 0 Å². The number of hydrogen-bond donors (Lipinski definition) is 0. The average molecular weight is 511 g/mol. The van der Waals surface area contributed by atoms with Crippen LogP contribution in [0.5, 0.6) is 0 Å². The molecular weight excluding hydrogens is 466 g/mol. The number of amides is 1. The molecular formula is C28H44F2N2O4. The van der Waals surface area contributed by atoms with Crippen LogP contribution < -0.4 is 0 Å². The van der Waals surface area contributed by atoms with Crippen molar-refractivity contribution >= 4 is 6.09 Å². The van der Waals surface area contributed by atoms with Gasteiger partial charge in [-0.2, -0.15) is 0 Å². The topological polar surface area (TPSA) is 57.8 Å². The highest BCUT2D eigenvalue weighted by Crippen LogP contribution is 2.59. The summed E-state index contributed by atoms with van der Waals surface area (Å²) in [6.07, 6.45) is 7.79. The van der Waals surface area contributed by atoms with Crippen molar-refractivity contribution in [3.63, 3.8) is 0 Å². The Hall–Kier alpha value is -1.25. The number of halogens is 2. The van der Waals surface area contributed by atoms with Gasteiger partial charge in [-0.05, 0) is 97.1 Å². The van der Waals surface area contributed by atoms with Gasteiger partial charge < -0.3 is 19.1 Å². The van der Waals surface area contributed by atoms with E-state index in [0.29, 0.717) is 11.8 Å². The summed E-state index contributed by atoms with van der Waals surface area (Å²) in [6.45, 7) is 10.3. The third kappa shape index (κ3) is 5.91. The standard InChI is InChI=1S/C28H44F2N2O4/c1-19(2)4-7-24-27(3,36-24)23-14-22(8-11-28(23)18-34-28)35-26(33)32-15-21(16-32)6-5-20-9-12-31(13-10-20)17-25(29)30/h4,20-25H,5-18H2,1-3H3/t22?,23?,24-,27-,28?/m1/s1. The van der Waals surface area contributed by atoms with Crippen molar-refractivity contribution in [1.29, 1.82) is 0 Å². The fraction of sp³-hybridized carbons (Fsp3) is 0.893. The molecule has 4 saturated heterocycles. The Bertz CT molecular complexity index is 816. The zero-order valence-electron chi connectivity index (χ0n) is 22.2. The minimum Gasteiger partial charge on any atom is -0.446 e. The first-order valence-corrected chi connectivity index (χ1v) is 14.1. The number of nitrogens with zero attached hydrogens (tertiary/aromatic N) is 2. The second kappa shape index (κ2) is 10.5. The summed E-state index contributed by atoms with van der Waals surface area (Å²) < 4.78 is 43.3. The first kappa shape index (κ1) is 26.4. The van der Waals surface area contributed by atoms with Crippen LogP contribution in [0.3, 0.4) is 0 Å². The van der Waals surface area contributed by atoms with Gasteiger partial charge in [0.05, 0.1) is 30.5 Å². The maximum Gasteiger partial charge on any atom is 0.410 e. The lowest BCUT2D eigenvalue weighted by molar-refractivity contribution is -0.0233. The fourth-order valence-corrected chi connectivity index (χ4v) is 6.92. The van der Waals surface area contributed by atoms with E-state index < -0.39 is 6.43 Å². The first-order valence-electron chi connectivity index (χ1n) is 14.1. The number of carbonyl (C=O) groups excluding carboxylic acids is 1. The highest BCUT2D eigenvalue weighted by atomic mass is 19.3. The number of rotatable bonds is 9. The lowest BCUT2D eigenvalue weighted by atomic mass is 9.70. The predicted molar refractivity (Wildman–Crippen MR) is 133 cm³/mol. The highest BCUT2D eigenvalue weighted by molar-refractivity contribution is 5.68. The zero-order valence-corrected chi connectivity index (χ0v) is 22.2. The SMILES string of the molecule is CC(C)=CC[C@H]1O[C@]1(C)C1CC(OC(=O)N2CC(CCC3CCN(CC(F)F)CC3)C2)CCC12CO2. The summed E-state index contributed by atoms with van der Waals surface area (Å²) in [5.41, 5.74) is 1.04. The summed E-state index contributed by atoms with van der Waals surface area (Å²) in [6, 6.07) is 0. The van der Waals surface area contributed by atoms with E-state index in [1.165, 1.54) is 5.57 Å². The van der Waals surface area contributed by atoms with E-state index in [1.807, 2.05) is 9.80 Å². The number of carbonyl (C=O) groups is 1. The van der Waals surface area contributed by atoms with Crippen LogP contribution in [0.1, 0.15) is 72.1 Å². The Kier molecular flexibility index (Phi) is 7.68. The van der Waals surface area contributed by atoms with Gasteiger partial charge in [0.25, 0.3) is 6.43 Å². The van der Waals surface area contributed by atoms with E-state index >= 15 is 0 Å². The largest absolute Gasteiger partial charge is 0.446 e. The van der Waals surface area contributed by atoms with Crippen molar-refractivity contribution in [3.8, 4) is 0 Å². The molecule has 0 aromatic carbocycles. The van der Waals surface area contributed by atoms with Gasteiger partial charge in [0.1, 0.15) is 6.10 Å². The zero-order chi connectivity index (χ0) is 25.5. The molecule has 0 aromatic heterocycles. The van der Waals surface area contributed by atoms with Crippen LogP contribution in [0.25, 0.3) is 0 Å². The molecule has 1 saturated carbocycles. The summed E-state index contributed by atoms with van der Waals surface area (Å²) in [5, 5.41) is 0. The third-order valence-electron chi connectivity index (χ3n) is 9.52. The minimum atomic E-state index is -2.24. The van der Waals surface area contributed by atoms with E-state index in [-0.39, 0.29) is 42.0 Å². The normalized spacial score (nSPS) is 37.2. The van der Waals surface area contributed by atoms with Gasteiger partial charge in [-0.3, -0.25) is 4.90 Å². The van der Waals surface area contributed by atoms with Crippen molar-refractivity contribution in [2.75, 3.05) is 39.3 Å². The highest BCUT2D eigenvalue weighted by Gasteiger charge is 2.68. The minimum absolute atomic E-state index is 0.0695. The molecule has 6 nitrogen and oxygen atoms in total. The van der Waals surface area contributed by atoms with Crippen LogP contribution in [-0.4, -0.2) is 85.1 Å². The molecule has 5 atom stereocenters. The van der Waals surface area contributed by atoms with Gasteiger partial charge in [0.2, 0.25) is 0 Å². The van der Waals surface area contributed by atoms with Crippen molar-refractivity contribution in [2.24, 2.45) is 17.8 Å². The van der Waals surface area contributed by atoms with E-state index in [4.69, 9.17) is 14.2 Å². The molecule has 0 aromatic rings. The van der Waals surface area contributed by atoms with E-state index in [0.717, 1.165) is 84.2 Å². The molecule has 4 aliphatic heterocycles. The van der Waals surface area contributed by atoms with Crippen LogP contribution in [0.2, 0.25) is 0 Å². The second-order valence-corrected chi connectivity index (χ2v) is 12.5. The number of piperidine rings is 1. The summed E-state index contributed by atoms with van der Waals surface area (Å²) in [7, 11) is 0. The molecule has 5 fully saturated rings. The molecule has 8 heteroatoms. The quantitative estimate of drug-likeness (QED) is 0.313. The maximum atomic E-state index is 12.8. The predicted octanol–water partition coefficient (Wildman–Crippen LogP) is 5.26. The Balaban J connectivity index is 1.02. The number of alkyl halides is 2. The molecule has 1 aliphatic carbocycles. The lowest BCUT2D eigenvalue weighted by Gasteiger charge is -2.42. The molecule has 204 valence electrons. The fourth-order valence-electron chi connectivity index (χ4n) is 6.92. The van der Waals surface area contributed by atoms with Crippen LogP contribution in [-0.2, 0) is 14.2 Å². The average Bonchev–Trinajstić information content (AvgIpc) is 3.71. The van der Waals surface area contributed by atoms with Gasteiger partial charge in [0, 0.05) is 19.0 Å². The molecule has 0 N–H and O–H groups in total.